The Labute approximate surface area is 210 Å². The van der Waals surface area contributed by atoms with Gasteiger partial charge in [0.05, 0.1) is 33.5 Å². The number of carbonyl (C=O) groups is 3. The number of nitrogens with zero attached hydrogens (tertiary/aromatic N) is 1. The molecule has 1 aliphatic rings. The molecule has 1 aliphatic carbocycles. The van der Waals surface area contributed by atoms with Gasteiger partial charge in [0.15, 0.2) is 0 Å². The number of hydrogen-bond donors (Lipinski definition) is 3. The molecule has 3 N–H and O–H groups in total. The summed E-state index contributed by atoms with van der Waals surface area (Å²) in [5.41, 5.74) is -1.25. The molecule has 0 radical (unpaired) electrons. The van der Waals surface area contributed by atoms with E-state index < -0.39 is 46.0 Å². The molecule has 11 heteroatoms. The molecule has 0 saturated carbocycles. The molecule has 2 aromatic rings. The highest BCUT2D eigenvalue weighted by atomic mass is 35.5. The van der Waals surface area contributed by atoms with Crippen LogP contribution in [0.4, 0.5) is 18.9 Å². The zero-order valence-corrected chi connectivity index (χ0v) is 20.1. The number of anilines is 1. The maximum atomic E-state index is 13.6. The van der Waals surface area contributed by atoms with E-state index in [1.165, 1.54) is 37.2 Å². The summed E-state index contributed by atoms with van der Waals surface area (Å²) in [4.78, 5) is 38.1. The van der Waals surface area contributed by atoms with Crippen LogP contribution in [0.1, 0.15) is 51.1 Å². The Morgan fingerprint density at radius 2 is 1.86 bits per heavy atom. The van der Waals surface area contributed by atoms with Crippen LogP contribution in [-0.4, -0.2) is 47.6 Å². The molecule has 36 heavy (non-hydrogen) atoms. The largest absolute Gasteiger partial charge is 0.481 e. The van der Waals surface area contributed by atoms with E-state index in [1.54, 1.807) is 6.08 Å². The van der Waals surface area contributed by atoms with Gasteiger partial charge in [-0.05, 0) is 55.2 Å². The van der Waals surface area contributed by atoms with Crippen molar-refractivity contribution < 1.29 is 32.7 Å². The minimum atomic E-state index is -4.84. The quantitative estimate of drug-likeness (QED) is 0.436. The minimum Gasteiger partial charge on any atom is -0.481 e. The third-order valence-corrected chi connectivity index (χ3v) is 6.13. The number of amides is 2. The Bertz CT molecular complexity index is 1270. The predicted molar refractivity (Wildman–Crippen MR) is 129 cm³/mol. The number of alkyl halides is 3. The molecule has 2 amide bonds. The highest BCUT2D eigenvalue weighted by Gasteiger charge is 2.36. The van der Waals surface area contributed by atoms with Crippen LogP contribution >= 0.6 is 11.6 Å². The number of rotatable bonds is 6. The van der Waals surface area contributed by atoms with E-state index in [4.69, 9.17) is 17.0 Å². The molecular formula is C25H23ClF3N3O4. The van der Waals surface area contributed by atoms with Crippen molar-refractivity contribution in [2.45, 2.75) is 25.4 Å². The average Bonchev–Trinajstić information content (AvgIpc) is 2.82. The van der Waals surface area contributed by atoms with Gasteiger partial charge in [0, 0.05) is 25.2 Å². The van der Waals surface area contributed by atoms with E-state index in [1.807, 2.05) is 0 Å². The van der Waals surface area contributed by atoms with Gasteiger partial charge in [-0.3, -0.25) is 19.8 Å². The van der Waals surface area contributed by atoms with Gasteiger partial charge in [-0.1, -0.05) is 23.7 Å². The summed E-state index contributed by atoms with van der Waals surface area (Å²) in [5, 5.41) is 19.9. The van der Waals surface area contributed by atoms with E-state index in [0.717, 1.165) is 18.2 Å². The second-order valence-electron chi connectivity index (χ2n) is 8.49. The fraction of sp³-hybridized carbons (Fsp3) is 0.280. The molecule has 0 fully saturated rings. The number of carbonyl (C=O) groups excluding carboxylic acids is 2. The summed E-state index contributed by atoms with van der Waals surface area (Å²) >= 11 is 5.96. The van der Waals surface area contributed by atoms with E-state index in [2.05, 4.69) is 5.32 Å². The van der Waals surface area contributed by atoms with E-state index in [-0.39, 0.29) is 28.9 Å². The zero-order chi connectivity index (χ0) is 26.8. The van der Waals surface area contributed by atoms with Crippen LogP contribution in [0.3, 0.4) is 0 Å². The first kappa shape index (κ1) is 26.9. The van der Waals surface area contributed by atoms with Crippen LogP contribution in [-0.2, 0) is 11.0 Å². The minimum absolute atomic E-state index is 0.0341. The topological polar surface area (TPSA) is 111 Å². The number of carboxylic acid groups (broad SMARTS) is 1. The number of halogens is 4. The van der Waals surface area contributed by atoms with Gasteiger partial charge in [0.25, 0.3) is 11.8 Å². The highest BCUT2D eigenvalue weighted by molar-refractivity contribution is 6.35. The predicted octanol–water partition coefficient (Wildman–Crippen LogP) is 5.49. The van der Waals surface area contributed by atoms with Crippen molar-refractivity contribution in [1.82, 2.24) is 4.90 Å². The Balaban J connectivity index is 2.05. The lowest BCUT2D eigenvalue weighted by Gasteiger charge is -2.21. The summed E-state index contributed by atoms with van der Waals surface area (Å²) in [5.74, 6) is -3.07. The number of nitrogens with one attached hydrogen (secondary N) is 2. The second-order valence-corrected chi connectivity index (χ2v) is 8.90. The number of carboxylic acids is 1. The van der Waals surface area contributed by atoms with Gasteiger partial charge in [0.1, 0.15) is 0 Å². The maximum absolute atomic E-state index is 13.6. The molecule has 190 valence electrons. The van der Waals surface area contributed by atoms with Crippen molar-refractivity contribution >= 4 is 40.8 Å². The standard InChI is InChI=1S/C25H23ClF3N3O4/c1-32(2)23(34)15-10-11-16(21(30)13-6-8-14(9-7-13)24(35)36)19(12-15)31-22(33)20-17(25(27,28)29)4-3-5-18(20)26/h3-6,10-12,14,30H,7-9H2,1-2H3,(H,31,33)(H,35,36). The molecule has 0 saturated heterocycles. The van der Waals surface area contributed by atoms with Crippen molar-refractivity contribution in [1.29, 1.82) is 5.41 Å². The van der Waals surface area contributed by atoms with Gasteiger partial charge >= 0.3 is 12.1 Å². The van der Waals surface area contributed by atoms with E-state index in [0.29, 0.717) is 18.4 Å². The number of aliphatic carboxylic acids is 1. The molecule has 7 nitrogen and oxygen atoms in total. The van der Waals surface area contributed by atoms with Crippen molar-refractivity contribution in [3.63, 3.8) is 0 Å². The summed E-state index contributed by atoms with van der Waals surface area (Å²) < 4.78 is 40.7. The number of allylic oxidation sites excluding steroid dienone is 2. The van der Waals surface area contributed by atoms with Gasteiger partial charge in [0.2, 0.25) is 0 Å². The van der Waals surface area contributed by atoms with E-state index >= 15 is 0 Å². The Morgan fingerprint density at radius 3 is 2.42 bits per heavy atom. The van der Waals surface area contributed by atoms with Gasteiger partial charge in [-0.25, -0.2) is 0 Å². The van der Waals surface area contributed by atoms with Crippen molar-refractivity contribution in [2.75, 3.05) is 19.4 Å². The molecule has 0 heterocycles. The molecule has 0 aromatic heterocycles. The summed E-state index contributed by atoms with van der Waals surface area (Å²) in [7, 11) is 3.03. The molecule has 0 aliphatic heterocycles. The summed E-state index contributed by atoms with van der Waals surface area (Å²) in [6.45, 7) is 0. The third-order valence-electron chi connectivity index (χ3n) is 5.82. The normalized spacial score (nSPS) is 15.6. The molecule has 1 atom stereocenters. The van der Waals surface area contributed by atoms with Crippen LogP contribution in [0.5, 0.6) is 0 Å². The third kappa shape index (κ3) is 5.76. The van der Waals surface area contributed by atoms with Crippen LogP contribution in [0.25, 0.3) is 0 Å². The molecule has 0 spiro atoms. The van der Waals surface area contributed by atoms with Crippen LogP contribution in [0, 0.1) is 11.3 Å². The lowest BCUT2D eigenvalue weighted by molar-refractivity contribution is -0.142. The maximum Gasteiger partial charge on any atom is 0.417 e. The Hall–Kier alpha value is -3.66. The van der Waals surface area contributed by atoms with Crippen LogP contribution in [0.15, 0.2) is 48.0 Å². The highest BCUT2D eigenvalue weighted by Crippen LogP contribution is 2.36. The summed E-state index contributed by atoms with van der Waals surface area (Å²) in [6, 6.07) is 7.14. The lowest BCUT2D eigenvalue weighted by atomic mass is 9.85. The van der Waals surface area contributed by atoms with Crippen LogP contribution in [0.2, 0.25) is 5.02 Å². The SMILES string of the molecule is CN(C)C(=O)c1ccc(C(=N)C2=CCC(C(=O)O)CC2)c(NC(=O)c2c(Cl)cccc2C(F)(F)F)c1. The first-order chi connectivity index (χ1) is 16.8. The van der Waals surface area contributed by atoms with Gasteiger partial charge in [-0.2, -0.15) is 13.2 Å². The molecule has 0 bridgehead atoms. The van der Waals surface area contributed by atoms with Crippen molar-refractivity contribution in [3.8, 4) is 0 Å². The van der Waals surface area contributed by atoms with Gasteiger partial charge in [-0.15, -0.1) is 0 Å². The van der Waals surface area contributed by atoms with Crippen LogP contribution < -0.4 is 5.32 Å². The summed E-state index contributed by atoms with van der Waals surface area (Å²) in [6.07, 6.45) is -2.38. The smallest absolute Gasteiger partial charge is 0.417 e. The second kappa shape index (κ2) is 10.5. The van der Waals surface area contributed by atoms with Crippen molar-refractivity contribution in [3.05, 3.63) is 75.3 Å². The monoisotopic (exact) mass is 521 g/mol. The average molecular weight is 522 g/mol. The zero-order valence-electron chi connectivity index (χ0n) is 19.4. The molecule has 2 aromatic carbocycles. The lowest BCUT2D eigenvalue weighted by Crippen LogP contribution is -2.24. The van der Waals surface area contributed by atoms with Crippen molar-refractivity contribution in [2.24, 2.45) is 5.92 Å². The number of benzene rings is 2. The molecule has 3 rings (SSSR count). The fourth-order valence-corrected chi connectivity index (χ4v) is 4.15. The van der Waals surface area contributed by atoms with E-state index in [9.17, 15) is 32.7 Å². The van der Waals surface area contributed by atoms with Gasteiger partial charge < -0.3 is 15.3 Å². The number of hydrogen-bond acceptors (Lipinski definition) is 4. The Kier molecular flexibility index (Phi) is 7.88. The fourth-order valence-electron chi connectivity index (χ4n) is 3.89. The molecular weight excluding hydrogens is 499 g/mol. The first-order valence-electron chi connectivity index (χ1n) is 10.8. The molecule has 1 unspecified atom stereocenters. The Morgan fingerprint density at radius 1 is 1.17 bits per heavy atom. The first-order valence-corrected chi connectivity index (χ1v) is 11.2.